The molecule has 0 spiro atoms. The van der Waals surface area contributed by atoms with E-state index in [1.165, 1.54) is 0 Å². The Kier molecular flexibility index (Phi) is 3.17. The van der Waals surface area contributed by atoms with Crippen LogP contribution in [0.3, 0.4) is 0 Å². The summed E-state index contributed by atoms with van der Waals surface area (Å²) in [6, 6.07) is 0. The van der Waals surface area contributed by atoms with Crippen LogP contribution in [0.1, 0.15) is 11.4 Å². The summed E-state index contributed by atoms with van der Waals surface area (Å²) in [7, 11) is 0. The Balaban J connectivity index is 0.000000640. The molecule has 1 heterocycles. The summed E-state index contributed by atoms with van der Waals surface area (Å²) >= 11 is 0. The summed E-state index contributed by atoms with van der Waals surface area (Å²) in [5.74, 6) is 0. The third kappa shape index (κ3) is 2.42. The number of halogens is 1. The van der Waals surface area contributed by atoms with E-state index in [0.717, 1.165) is 11.4 Å². The van der Waals surface area contributed by atoms with Gasteiger partial charge in [0.1, 0.15) is 5.69 Å². The van der Waals surface area contributed by atoms with Gasteiger partial charge in [0.15, 0.2) is 11.9 Å². The van der Waals surface area contributed by atoms with E-state index in [1.807, 2.05) is 26.2 Å². The van der Waals surface area contributed by atoms with Crippen LogP contribution in [0.5, 0.6) is 0 Å². The highest BCUT2D eigenvalue weighted by Crippen LogP contribution is 1.83. The van der Waals surface area contributed by atoms with Crippen LogP contribution in [0.25, 0.3) is 0 Å². The van der Waals surface area contributed by atoms with Gasteiger partial charge in [-0.1, -0.05) is 0 Å². The van der Waals surface area contributed by atoms with Gasteiger partial charge >= 0.3 is 0 Å². The molecule has 0 atom stereocenters. The third-order valence-corrected chi connectivity index (χ3v) is 0.971. The minimum absolute atomic E-state index is 0. The van der Waals surface area contributed by atoms with Crippen molar-refractivity contribution in [1.29, 1.82) is 0 Å². The zero-order valence-electron chi connectivity index (χ0n) is 5.48. The number of nitrogens with zero attached hydrogens (tertiary/aromatic N) is 1. The van der Waals surface area contributed by atoms with Crippen LogP contribution in [0.15, 0.2) is 12.4 Å². The molecule has 0 aromatic carbocycles. The van der Waals surface area contributed by atoms with Crippen LogP contribution in [0, 0.1) is 13.8 Å². The maximum absolute atomic E-state index is 4.05. The Morgan fingerprint density at radius 2 is 2.11 bits per heavy atom. The average Bonchev–Trinajstić information content (AvgIpc) is 1.77. The number of hydrogen-bond donors (Lipinski definition) is 0. The SMILES string of the molecule is Cc1c[nH+]c(C)cn1.[Cl-]. The molecule has 3 heteroatoms. The van der Waals surface area contributed by atoms with Gasteiger partial charge in [0.2, 0.25) is 0 Å². The number of nitrogens with one attached hydrogen (secondary N) is 1. The minimum atomic E-state index is 0. The molecule has 0 aliphatic heterocycles. The summed E-state index contributed by atoms with van der Waals surface area (Å²) in [5.41, 5.74) is 2.12. The lowest BCUT2D eigenvalue weighted by Crippen LogP contribution is -3.00. The van der Waals surface area contributed by atoms with Gasteiger partial charge in [0, 0.05) is 6.92 Å². The molecular weight excluding hydrogens is 136 g/mol. The van der Waals surface area contributed by atoms with Crippen LogP contribution < -0.4 is 17.4 Å². The van der Waals surface area contributed by atoms with Gasteiger partial charge < -0.3 is 12.4 Å². The lowest BCUT2D eigenvalue weighted by molar-refractivity contribution is -0.389. The Hall–Kier alpha value is -0.630. The second-order valence-electron chi connectivity index (χ2n) is 1.87. The molecule has 1 aromatic rings. The highest BCUT2D eigenvalue weighted by atomic mass is 35.5. The molecule has 0 saturated carbocycles. The van der Waals surface area contributed by atoms with Crippen LogP contribution in [-0.4, -0.2) is 4.98 Å². The molecule has 9 heavy (non-hydrogen) atoms. The Morgan fingerprint density at radius 1 is 1.44 bits per heavy atom. The molecule has 0 amide bonds. The fourth-order valence-corrected chi connectivity index (χ4v) is 0.491. The first-order chi connectivity index (χ1) is 3.79. The van der Waals surface area contributed by atoms with E-state index in [9.17, 15) is 0 Å². The fourth-order valence-electron chi connectivity index (χ4n) is 0.491. The Bertz CT molecular complexity index is 150. The van der Waals surface area contributed by atoms with Gasteiger partial charge in [0.05, 0.1) is 6.20 Å². The zero-order chi connectivity index (χ0) is 5.98. The topological polar surface area (TPSA) is 27.0 Å². The Morgan fingerprint density at radius 3 is 2.44 bits per heavy atom. The molecule has 0 saturated heterocycles. The average molecular weight is 145 g/mol. The molecule has 1 aromatic heterocycles. The van der Waals surface area contributed by atoms with Crippen LogP contribution >= 0.6 is 0 Å². The van der Waals surface area contributed by atoms with E-state index >= 15 is 0 Å². The molecule has 1 rings (SSSR count). The van der Waals surface area contributed by atoms with Crippen molar-refractivity contribution in [2.24, 2.45) is 0 Å². The molecule has 2 nitrogen and oxygen atoms in total. The lowest BCUT2D eigenvalue weighted by atomic mass is 10.5. The van der Waals surface area contributed by atoms with Crippen molar-refractivity contribution >= 4 is 0 Å². The van der Waals surface area contributed by atoms with E-state index in [2.05, 4.69) is 9.97 Å². The van der Waals surface area contributed by atoms with Crippen LogP contribution in [-0.2, 0) is 0 Å². The van der Waals surface area contributed by atoms with Gasteiger partial charge in [-0.3, -0.25) is 0 Å². The second-order valence-corrected chi connectivity index (χ2v) is 1.87. The predicted molar refractivity (Wildman–Crippen MR) is 30.3 cm³/mol. The summed E-state index contributed by atoms with van der Waals surface area (Å²) in [5, 5.41) is 0. The highest BCUT2D eigenvalue weighted by molar-refractivity contribution is 4.89. The van der Waals surface area contributed by atoms with Crippen LogP contribution in [0.4, 0.5) is 0 Å². The summed E-state index contributed by atoms with van der Waals surface area (Å²) in [6.45, 7) is 3.93. The predicted octanol–water partition coefficient (Wildman–Crippen LogP) is -2.48. The minimum Gasteiger partial charge on any atom is -1.00 e. The molecule has 0 unspecified atom stereocenters. The first-order valence-corrected chi connectivity index (χ1v) is 2.60. The Labute approximate surface area is 60.8 Å². The van der Waals surface area contributed by atoms with Gasteiger partial charge in [-0.2, -0.15) is 0 Å². The van der Waals surface area contributed by atoms with Crippen molar-refractivity contribution < 1.29 is 17.4 Å². The summed E-state index contributed by atoms with van der Waals surface area (Å²) < 4.78 is 0. The van der Waals surface area contributed by atoms with Crippen molar-refractivity contribution in [2.45, 2.75) is 13.8 Å². The van der Waals surface area contributed by atoms with Crippen molar-refractivity contribution in [3.63, 3.8) is 0 Å². The van der Waals surface area contributed by atoms with Crippen molar-refractivity contribution in [3.8, 4) is 0 Å². The van der Waals surface area contributed by atoms with E-state index in [-0.39, 0.29) is 12.4 Å². The third-order valence-electron chi connectivity index (χ3n) is 0.971. The van der Waals surface area contributed by atoms with E-state index < -0.39 is 0 Å². The molecule has 0 aliphatic rings. The largest absolute Gasteiger partial charge is 1.00 e. The van der Waals surface area contributed by atoms with E-state index in [0.29, 0.717) is 0 Å². The number of hydrogen-bond acceptors (Lipinski definition) is 1. The van der Waals surface area contributed by atoms with Crippen molar-refractivity contribution in [3.05, 3.63) is 23.8 Å². The number of rotatable bonds is 0. The molecule has 0 bridgehead atoms. The van der Waals surface area contributed by atoms with Crippen molar-refractivity contribution in [2.75, 3.05) is 0 Å². The van der Waals surface area contributed by atoms with Gasteiger partial charge in [-0.25, -0.2) is 9.97 Å². The smallest absolute Gasteiger partial charge is 0.194 e. The fraction of sp³-hybridized carbons (Fsp3) is 0.333. The highest BCUT2D eigenvalue weighted by Gasteiger charge is 1.89. The summed E-state index contributed by atoms with van der Waals surface area (Å²) in [6.07, 6.45) is 3.70. The standard InChI is InChI=1S/C6H8N2.ClH/c1-5-3-8-6(2)4-7-5;/h3-4H,1-2H3;1H. The zero-order valence-corrected chi connectivity index (χ0v) is 6.24. The quantitative estimate of drug-likeness (QED) is 0.396. The molecule has 0 aliphatic carbocycles. The molecule has 1 N–H and O–H groups in total. The number of aryl methyl sites for hydroxylation is 2. The van der Waals surface area contributed by atoms with E-state index in [4.69, 9.17) is 0 Å². The maximum Gasteiger partial charge on any atom is 0.194 e. The monoisotopic (exact) mass is 144 g/mol. The van der Waals surface area contributed by atoms with Gasteiger partial charge in [-0.05, 0) is 6.92 Å². The van der Waals surface area contributed by atoms with Gasteiger partial charge in [0.25, 0.3) is 0 Å². The number of aromatic nitrogens is 2. The number of H-pyrrole nitrogens is 1. The van der Waals surface area contributed by atoms with Crippen LogP contribution in [0.2, 0.25) is 0 Å². The second kappa shape index (κ2) is 3.41. The molecule has 0 fully saturated rings. The molecule has 50 valence electrons. The van der Waals surface area contributed by atoms with E-state index in [1.54, 1.807) is 0 Å². The van der Waals surface area contributed by atoms with Gasteiger partial charge in [-0.15, -0.1) is 0 Å². The summed E-state index contributed by atoms with van der Waals surface area (Å²) in [4.78, 5) is 7.08. The maximum atomic E-state index is 4.05. The lowest BCUT2D eigenvalue weighted by Gasteiger charge is -1.82. The number of aromatic amines is 1. The molecule has 0 radical (unpaired) electrons. The van der Waals surface area contributed by atoms with Crippen molar-refractivity contribution in [1.82, 2.24) is 4.98 Å². The first kappa shape index (κ1) is 8.37. The molecular formula is C6H9ClN2. The normalized spacial score (nSPS) is 8.22. The first-order valence-electron chi connectivity index (χ1n) is 2.60.